The molecule has 0 unspecified atom stereocenters. The van der Waals surface area contributed by atoms with Gasteiger partial charge in [-0.2, -0.15) is 0 Å². The Morgan fingerprint density at radius 3 is 2.65 bits per heavy atom. The molecule has 0 saturated heterocycles. The van der Waals surface area contributed by atoms with E-state index in [-0.39, 0.29) is 5.91 Å². The molecule has 3 rings (SSSR count). The van der Waals surface area contributed by atoms with Gasteiger partial charge in [0.25, 0.3) is 0 Å². The smallest absolute Gasteiger partial charge is 0.227 e. The average Bonchev–Trinajstić information content (AvgIpc) is 2.97. The summed E-state index contributed by atoms with van der Waals surface area (Å²) >= 11 is 1.73. The molecule has 0 aliphatic carbocycles. The Morgan fingerprint density at radius 2 is 1.96 bits per heavy atom. The Balaban J connectivity index is 1.89. The molecule has 1 aliphatic heterocycles. The van der Waals surface area contributed by atoms with Gasteiger partial charge < -0.3 is 14.4 Å². The Bertz CT molecular complexity index is 695. The summed E-state index contributed by atoms with van der Waals surface area (Å²) < 4.78 is 11.2. The van der Waals surface area contributed by atoms with Gasteiger partial charge in [0.05, 0.1) is 6.54 Å². The normalized spacial score (nSPS) is 13.0. The third kappa shape index (κ3) is 3.67. The quantitative estimate of drug-likeness (QED) is 0.826. The van der Waals surface area contributed by atoms with Crippen LogP contribution in [-0.2, 0) is 11.3 Å². The number of rotatable bonds is 5. The first-order chi connectivity index (χ1) is 11.2. The summed E-state index contributed by atoms with van der Waals surface area (Å²) in [6.45, 7) is 5.81. The molecule has 1 aromatic carbocycles. The molecule has 23 heavy (non-hydrogen) atoms. The number of hydrogen-bond donors (Lipinski definition) is 0. The number of hydrogen-bond acceptors (Lipinski definition) is 4. The maximum atomic E-state index is 12.6. The third-order valence-corrected chi connectivity index (χ3v) is 4.70. The van der Waals surface area contributed by atoms with E-state index >= 15 is 0 Å². The van der Waals surface area contributed by atoms with Crippen LogP contribution in [0.25, 0.3) is 0 Å². The van der Waals surface area contributed by atoms with E-state index in [0.29, 0.717) is 31.9 Å². The van der Waals surface area contributed by atoms with Crippen LogP contribution < -0.4 is 14.4 Å². The molecule has 1 amide bonds. The molecule has 4 nitrogen and oxygen atoms in total. The van der Waals surface area contributed by atoms with Crippen molar-refractivity contribution in [2.45, 2.75) is 33.2 Å². The van der Waals surface area contributed by atoms with Gasteiger partial charge in [-0.1, -0.05) is 6.92 Å². The molecule has 0 bridgehead atoms. The van der Waals surface area contributed by atoms with Crippen LogP contribution in [0.15, 0.2) is 30.3 Å². The number of carbonyl (C=O) groups is 1. The lowest BCUT2D eigenvalue weighted by molar-refractivity contribution is -0.118. The van der Waals surface area contributed by atoms with Gasteiger partial charge in [0.2, 0.25) is 5.91 Å². The first-order valence-corrected chi connectivity index (χ1v) is 8.74. The molecule has 1 aliphatic rings. The minimum atomic E-state index is 0.134. The first kappa shape index (κ1) is 15.9. The minimum absolute atomic E-state index is 0.134. The Kier molecular flexibility index (Phi) is 4.86. The molecule has 1 aromatic heterocycles. The van der Waals surface area contributed by atoms with Crippen LogP contribution in [0.4, 0.5) is 5.69 Å². The van der Waals surface area contributed by atoms with Gasteiger partial charge in [-0.15, -0.1) is 11.3 Å². The zero-order valence-corrected chi connectivity index (χ0v) is 14.3. The minimum Gasteiger partial charge on any atom is -0.486 e. The van der Waals surface area contributed by atoms with Crippen molar-refractivity contribution in [1.82, 2.24) is 0 Å². The van der Waals surface area contributed by atoms with Crippen LogP contribution in [0.5, 0.6) is 11.5 Å². The van der Waals surface area contributed by atoms with E-state index < -0.39 is 0 Å². The summed E-state index contributed by atoms with van der Waals surface area (Å²) in [5.74, 6) is 1.59. The highest BCUT2D eigenvalue weighted by molar-refractivity contribution is 7.11. The van der Waals surface area contributed by atoms with Gasteiger partial charge >= 0.3 is 0 Å². The standard InChI is InChI=1S/C18H21NO3S/c1-3-4-18(20)19(12-15-7-5-13(2)23-15)14-6-8-16-17(11-14)22-10-9-21-16/h5-8,11H,3-4,9-10,12H2,1-2H3. The molecule has 122 valence electrons. The number of thiophene rings is 1. The van der Waals surface area contributed by atoms with Gasteiger partial charge in [-0.25, -0.2) is 0 Å². The predicted molar refractivity (Wildman–Crippen MR) is 92.6 cm³/mol. The second-order valence-electron chi connectivity index (χ2n) is 5.57. The van der Waals surface area contributed by atoms with E-state index in [1.54, 1.807) is 11.3 Å². The molecule has 2 heterocycles. The van der Waals surface area contributed by atoms with Crippen LogP contribution in [0, 0.1) is 6.92 Å². The highest BCUT2D eigenvalue weighted by Gasteiger charge is 2.19. The van der Waals surface area contributed by atoms with E-state index in [1.807, 2.05) is 30.0 Å². The van der Waals surface area contributed by atoms with Gasteiger partial charge in [-0.05, 0) is 37.6 Å². The summed E-state index contributed by atoms with van der Waals surface area (Å²) in [5, 5.41) is 0. The highest BCUT2D eigenvalue weighted by Crippen LogP contribution is 2.35. The fourth-order valence-corrected chi connectivity index (χ4v) is 3.48. The van der Waals surface area contributed by atoms with Gasteiger partial charge in [0, 0.05) is 27.9 Å². The van der Waals surface area contributed by atoms with Crippen molar-refractivity contribution in [3.05, 3.63) is 40.1 Å². The van der Waals surface area contributed by atoms with E-state index in [0.717, 1.165) is 17.9 Å². The lowest BCUT2D eigenvalue weighted by Gasteiger charge is -2.25. The van der Waals surface area contributed by atoms with Crippen molar-refractivity contribution in [2.75, 3.05) is 18.1 Å². The molecule has 0 saturated carbocycles. The van der Waals surface area contributed by atoms with Crippen LogP contribution >= 0.6 is 11.3 Å². The molecule has 5 heteroatoms. The molecule has 0 atom stereocenters. The molecule has 2 aromatic rings. The molecular formula is C18H21NO3S. The largest absolute Gasteiger partial charge is 0.486 e. The summed E-state index contributed by atoms with van der Waals surface area (Å²) in [7, 11) is 0. The van der Waals surface area contributed by atoms with E-state index in [4.69, 9.17) is 9.47 Å². The number of anilines is 1. The molecule has 0 N–H and O–H groups in total. The summed E-state index contributed by atoms with van der Waals surface area (Å²) in [4.78, 5) is 16.9. The topological polar surface area (TPSA) is 38.8 Å². The molecule has 0 spiro atoms. The number of benzene rings is 1. The first-order valence-electron chi connectivity index (χ1n) is 7.92. The van der Waals surface area contributed by atoms with Crippen molar-refractivity contribution >= 4 is 22.9 Å². The van der Waals surface area contributed by atoms with Crippen LogP contribution in [0.3, 0.4) is 0 Å². The van der Waals surface area contributed by atoms with Crippen LogP contribution in [0.1, 0.15) is 29.5 Å². The van der Waals surface area contributed by atoms with Crippen molar-refractivity contribution in [1.29, 1.82) is 0 Å². The number of ether oxygens (including phenoxy) is 2. The van der Waals surface area contributed by atoms with Crippen LogP contribution in [0.2, 0.25) is 0 Å². The maximum absolute atomic E-state index is 12.6. The second kappa shape index (κ2) is 7.04. The highest BCUT2D eigenvalue weighted by atomic mass is 32.1. The van der Waals surface area contributed by atoms with Crippen LogP contribution in [-0.4, -0.2) is 19.1 Å². The zero-order valence-electron chi connectivity index (χ0n) is 13.5. The molecular weight excluding hydrogens is 310 g/mol. The summed E-state index contributed by atoms with van der Waals surface area (Å²) in [6.07, 6.45) is 1.38. The summed E-state index contributed by atoms with van der Waals surface area (Å²) in [5.41, 5.74) is 0.860. The zero-order chi connectivity index (χ0) is 16.2. The van der Waals surface area contributed by atoms with Gasteiger partial charge in [0.15, 0.2) is 11.5 Å². The van der Waals surface area contributed by atoms with Crippen molar-refractivity contribution in [2.24, 2.45) is 0 Å². The third-order valence-electron chi connectivity index (χ3n) is 3.71. The Labute approximate surface area is 140 Å². The average molecular weight is 331 g/mol. The van der Waals surface area contributed by atoms with E-state index in [1.165, 1.54) is 9.75 Å². The fraction of sp³-hybridized carbons (Fsp3) is 0.389. The predicted octanol–water partition coefficient (Wildman–Crippen LogP) is 4.16. The number of fused-ring (bicyclic) bond motifs is 1. The van der Waals surface area contributed by atoms with E-state index in [2.05, 4.69) is 19.1 Å². The lowest BCUT2D eigenvalue weighted by Crippen LogP contribution is -2.30. The fourth-order valence-electron chi connectivity index (χ4n) is 2.60. The number of aryl methyl sites for hydroxylation is 1. The summed E-state index contributed by atoms with van der Waals surface area (Å²) in [6, 6.07) is 9.90. The Morgan fingerprint density at radius 1 is 1.17 bits per heavy atom. The molecule has 0 radical (unpaired) electrons. The maximum Gasteiger partial charge on any atom is 0.227 e. The van der Waals surface area contributed by atoms with Crippen molar-refractivity contribution < 1.29 is 14.3 Å². The number of carbonyl (C=O) groups excluding carboxylic acids is 1. The van der Waals surface area contributed by atoms with Gasteiger partial charge in [0.1, 0.15) is 13.2 Å². The SMILES string of the molecule is CCCC(=O)N(Cc1ccc(C)s1)c1ccc2c(c1)OCCO2. The van der Waals surface area contributed by atoms with Crippen molar-refractivity contribution in [3.63, 3.8) is 0 Å². The number of nitrogens with zero attached hydrogens (tertiary/aromatic N) is 1. The Hall–Kier alpha value is -2.01. The second-order valence-corrected chi connectivity index (χ2v) is 6.94. The molecule has 0 fully saturated rings. The number of amides is 1. The van der Waals surface area contributed by atoms with Crippen molar-refractivity contribution in [3.8, 4) is 11.5 Å². The lowest BCUT2D eigenvalue weighted by atomic mass is 10.2. The van der Waals surface area contributed by atoms with Gasteiger partial charge in [-0.3, -0.25) is 4.79 Å². The monoisotopic (exact) mass is 331 g/mol. The van der Waals surface area contributed by atoms with E-state index in [9.17, 15) is 4.79 Å².